The monoisotopic (exact) mass is 271 g/mol. The Balaban J connectivity index is 2.85. The van der Waals surface area contributed by atoms with Gasteiger partial charge in [-0.2, -0.15) is 5.26 Å². The minimum Gasteiger partial charge on any atom is -0.314 e. The number of nitrogens with zero attached hydrogens (tertiary/aromatic N) is 2. The maximum absolute atomic E-state index is 11.9. The predicted molar refractivity (Wildman–Crippen MR) is 80.8 cm³/mol. The molecule has 0 aromatic heterocycles. The number of benzene rings is 1. The molecule has 0 aliphatic rings. The summed E-state index contributed by atoms with van der Waals surface area (Å²) in [6, 6.07) is 7.38. The van der Waals surface area contributed by atoms with Crippen molar-refractivity contribution >= 4 is 17.4 Å². The molecule has 0 aliphatic heterocycles. The Labute approximate surface area is 120 Å². The summed E-state index contributed by atoms with van der Waals surface area (Å²) in [6.07, 6.45) is 0. The quantitative estimate of drug-likeness (QED) is 0.677. The topological polar surface area (TPSA) is 65.2 Å². The van der Waals surface area contributed by atoms with Gasteiger partial charge < -0.3 is 5.32 Å². The summed E-state index contributed by atoms with van der Waals surface area (Å²) >= 11 is 0. The number of nitriles is 1. The minimum absolute atomic E-state index is 0.0208. The Morgan fingerprint density at radius 1 is 1.35 bits per heavy atom. The molecule has 1 amide bonds. The first-order valence-electron chi connectivity index (χ1n) is 6.72. The largest absolute Gasteiger partial charge is 0.314 e. The summed E-state index contributed by atoms with van der Waals surface area (Å²) in [5, 5.41) is 11.6. The maximum Gasteiger partial charge on any atom is 0.228 e. The zero-order chi connectivity index (χ0) is 15.3. The fourth-order valence-electron chi connectivity index (χ4n) is 1.65. The van der Waals surface area contributed by atoms with Crippen LogP contribution in [0, 0.1) is 30.1 Å². The first kappa shape index (κ1) is 15.9. The van der Waals surface area contributed by atoms with Crippen LogP contribution in [0.5, 0.6) is 0 Å². The molecule has 20 heavy (non-hydrogen) atoms. The van der Waals surface area contributed by atoms with Gasteiger partial charge in [0.15, 0.2) is 0 Å². The van der Waals surface area contributed by atoms with Crippen LogP contribution in [-0.4, -0.2) is 11.7 Å². The number of hydrogen-bond donors (Lipinski definition) is 1. The van der Waals surface area contributed by atoms with Gasteiger partial charge in [-0.1, -0.05) is 20.8 Å². The van der Waals surface area contributed by atoms with E-state index in [1.807, 2.05) is 27.7 Å². The van der Waals surface area contributed by atoms with E-state index in [-0.39, 0.29) is 11.8 Å². The molecular formula is C16H21N3O. The van der Waals surface area contributed by atoms with E-state index in [9.17, 15) is 4.79 Å². The zero-order valence-electron chi connectivity index (χ0n) is 12.7. The van der Waals surface area contributed by atoms with E-state index in [0.29, 0.717) is 17.3 Å². The minimum atomic E-state index is -0.0535. The average molecular weight is 271 g/mol. The van der Waals surface area contributed by atoms with Crippen molar-refractivity contribution in [1.82, 2.24) is 5.32 Å². The van der Waals surface area contributed by atoms with Gasteiger partial charge in [-0.15, -0.1) is 0 Å². The van der Waals surface area contributed by atoms with Crippen LogP contribution in [0.1, 0.15) is 38.8 Å². The second-order valence-corrected chi connectivity index (χ2v) is 5.33. The molecule has 0 radical (unpaired) electrons. The highest BCUT2D eigenvalue weighted by atomic mass is 16.1. The van der Waals surface area contributed by atoms with E-state index in [1.54, 1.807) is 25.1 Å². The number of aliphatic imine (C=N–C) groups is 1. The van der Waals surface area contributed by atoms with Crippen LogP contribution in [0.25, 0.3) is 0 Å². The molecule has 0 fully saturated rings. The van der Waals surface area contributed by atoms with Crippen LogP contribution in [-0.2, 0) is 4.79 Å². The van der Waals surface area contributed by atoms with Gasteiger partial charge in [0, 0.05) is 5.92 Å². The van der Waals surface area contributed by atoms with Crippen LogP contribution in [0.4, 0.5) is 5.69 Å². The standard InChI is InChI=1S/C16H21N3O/c1-10(2)12(4)16(20)19-13(5)18-15-7-6-14(9-17)8-11(15)3/h6-8,10,12H,1-5H3,(H,18,19,20)/t12-/m0/s1. The third-order valence-corrected chi connectivity index (χ3v) is 3.33. The molecule has 106 valence electrons. The highest BCUT2D eigenvalue weighted by molar-refractivity contribution is 5.98. The van der Waals surface area contributed by atoms with Crippen LogP contribution in [0.3, 0.4) is 0 Å². The van der Waals surface area contributed by atoms with Crippen molar-refractivity contribution in [3.05, 3.63) is 29.3 Å². The highest BCUT2D eigenvalue weighted by Gasteiger charge is 2.16. The van der Waals surface area contributed by atoms with Gasteiger partial charge in [-0.25, -0.2) is 4.99 Å². The average Bonchev–Trinajstić information content (AvgIpc) is 2.39. The lowest BCUT2D eigenvalue weighted by molar-refractivity contribution is -0.124. The molecule has 1 atom stereocenters. The van der Waals surface area contributed by atoms with Crippen LogP contribution in [0.15, 0.2) is 23.2 Å². The van der Waals surface area contributed by atoms with Crippen molar-refractivity contribution < 1.29 is 4.79 Å². The van der Waals surface area contributed by atoms with E-state index in [2.05, 4.69) is 16.4 Å². The summed E-state index contributed by atoms with van der Waals surface area (Å²) < 4.78 is 0. The summed E-state index contributed by atoms with van der Waals surface area (Å²) in [7, 11) is 0. The number of carbonyl (C=O) groups excluding carboxylic acids is 1. The predicted octanol–water partition coefficient (Wildman–Crippen LogP) is 3.32. The number of carbonyl (C=O) groups is 1. The first-order valence-corrected chi connectivity index (χ1v) is 6.72. The number of aryl methyl sites for hydroxylation is 1. The van der Waals surface area contributed by atoms with Crippen molar-refractivity contribution in [2.24, 2.45) is 16.8 Å². The van der Waals surface area contributed by atoms with E-state index in [4.69, 9.17) is 5.26 Å². The Bertz CT molecular complexity index is 568. The van der Waals surface area contributed by atoms with Crippen molar-refractivity contribution in [3.8, 4) is 6.07 Å². The summed E-state index contributed by atoms with van der Waals surface area (Å²) in [4.78, 5) is 16.3. The lowest BCUT2D eigenvalue weighted by atomic mass is 9.97. The van der Waals surface area contributed by atoms with E-state index in [1.165, 1.54) is 0 Å². The molecule has 0 saturated carbocycles. The highest BCUT2D eigenvalue weighted by Crippen LogP contribution is 2.19. The molecule has 1 aromatic carbocycles. The zero-order valence-corrected chi connectivity index (χ0v) is 12.7. The van der Waals surface area contributed by atoms with Crippen molar-refractivity contribution in [3.63, 3.8) is 0 Å². The van der Waals surface area contributed by atoms with Crippen LogP contribution < -0.4 is 5.32 Å². The van der Waals surface area contributed by atoms with Crippen LogP contribution >= 0.6 is 0 Å². The molecule has 4 heteroatoms. The molecular weight excluding hydrogens is 250 g/mol. The fraction of sp³-hybridized carbons (Fsp3) is 0.438. The summed E-state index contributed by atoms with van der Waals surface area (Å²) in [5.41, 5.74) is 2.28. The number of hydrogen-bond acceptors (Lipinski definition) is 3. The van der Waals surface area contributed by atoms with Crippen molar-refractivity contribution in [2.75, 3.05) is 0 Å². The molecule has 1 aromatic rings. The lowest BCUT2D eigenvalue weighted by Crippen LogP contribution is -2.35. The lowest BCUT2D eigenvalue weighted by Gasteiger charge is -2.15. The van der Waals surface area contributed by atoms with E-state index in [0.717, 1.165) is 11.3 Å². The Hall–Kier alpha value is -2.15. The second kappa shape index (κ2) is 6.85. The van der Waals surface area contributed by atoms with Gasteiger partial charge in [-0.05, 0) is 43.5 Å². The molecule has 0 unspecified atom stereocenters. The number of rotatable bonds is 3. The van der Waals surface area contributed by atoms with Crippen molar-refractivity contribution in [1.29, 1.82) is 5.26 Å². The van der Waals surface area contributed by atoms with Gasteiger partial charge in [0.1, 0.15) is 5.84 Å². The van der Waals surface area contributed by atoms with E-state index < -0.39 is 0 Å². The van der Waals surface area contributed by atoms with Crippen molar-refractivity contribution in [2.45, 2.75) is 34.6 Å². The Morgan fingerprint density at radius 2 is 2.00 bits per heavy atom. The Kier molecular flexibility index (Phi) is 5.45. The van der Waals surface area contributed by atoms with Gasteiger partial charge in [0.05, 0.1) is 17.3 Å². The molecule has 0 bridgehead atoms. The van der Waals surface area contributed by atoms with E-state index >= 15 is 0 Å². The van der Waals surface area contributed by atoms with Crippen LogP contribution in [0.2, 0.25) is 0 Å². The summed E-state index contributed by atoms with van der Waals surface area (Å²) in [5.74, 6) is 0.782. The first-order chi connectivity index (χ1) is 9.35. The SMILES string of the molecule is CC(=Nc1ccc(C#N)cc1C)NC(=O)[C@@H](C)C(C)C. The number of amidine groups is 1. The molecule has 0 heterocycles. The molecule has 1 rings (SSSR count). The Morgan fingerprint density at radius 3 is 2.50 bits per heavy atom. The third-order valence-electron chi connectivity index (χ3n) is 3.33. The molecule has 0 spiro atoms. The molecule has 0 aliphatic carbocycles. The molecule has 0 saturated heterocycles. The number of nitrogens with one attached hydrogen (secondary N) is 1. The maximum atomic E-state index is 11.9. The molecule has 4 nitrogen and oxygen atoms in total. The number of amides is 1. The van der Waals surface area contributed by atoms with Gasteiger partial charge in [0.25, 0.3) is 0 Å². The van der Waals surface area contributed by atoms with Gasteiger partial charge >= 0.3 is 0 Å². The molecule has 1 N–H and O–H groups in total. The van der Waals surface area contributed by atoms with Gasteiger partial charge in [-0.3, -0.25) is 4.79 Å². The fourth-order valence-corrected chi connectivity index (χ4v) is 1.65. The van der Waals surface area contributed by atoms with Gasteiger partial charge in [0.2, 0.25) is 5.91 Å². The third kappa shape index (κ3) is 4.20. The normalized spacial score (nSPS) is 12.9. The summed E-state index contributed by atoms with van der Waals surface area (Å²) in [6.45, 7) is 9.59. The smallest absolute Gasteiger partial charge is 0.228 e. The second-order valence-electron chi connectivity index (χ2n) is 5.33.